The highest BCUT2D eigenvalue weighted by atomic mass is 35.5. The molecule has 1 heterocycles. The minimum atomic E-state index is -3.80. The average molecular weight is 541 g/mol. The van der Waals surface area contributed by atoms with E-state index in [4.69, 9.17) is 11.6 Å². The van der Waals surface area contributed by atoms with Crippen molar-refractivity contribution in [2.24, 2.45) is 0 Å². The third-order valence-corrected chi connectivity index (χ3v) is 8.17. The number of rotatable bonds is 11. The molecule has 1 aliphatic rings. The Balaban J connectivity index is 1.70. The van der Waals surface area contributed by atoms with E-state index in [1.807, 2.05) is 19.9 Å². The van der Waals surface area contributed by atoms with Crippen molar-refractivity contribution in [2.45, 2.75) is 57.8 Å². The van der Waals surface area contributed by atoms with Crippen molar-refractivity contribution >= 4 is 39.0 Å². The Hall–Kier alpha value is -3.16. The van der Waals surface area contributed by atoms with Crippen molar-refractivity contribution in [1.29, 1.82) is 0 Å². The minimum absolute atomic E-state index is 0.0922. The third kappa shape index (κ3) is 7.21. The second-order valence-electron chi connectivity index (χ2n) is 8.91. The van der Waals surface area contributed by atoms with Gasteiger partial charge in [0, 0.05) is 40.5 Å². The first kappa shape index (κ1) is 28.4. The van der Waals surface area contributed by atoms with E-state index < -0.39 is 10.0 Å². The van der Waals surface area contributed by atoms with Crippen LogP contribution in [0.5, 0.6) is 0 Å². The van der Waals surface area contributed by atoms with Crippen molar-refractivity contribution in [2.75, 3.05) is 11.9 Å². The topological polar surface area (TPSA) is 83.6 Å². The largest absolute Gasteiger partial charge is 0.322 e. The second-order valence-corrected chi connectivity index (χ2v) is 11.2. The molecule has 0 saturated carbocycles. The van der Waals surface area contributed by atoms with Crippen LogP contribution in [-0.4, -0.2) is 31.0 Å². The quantitative estimate of drug-likeness (QED) is 0.189. The molecule has 0 fully saturated rings. The average Bonchev–Trinajstić information content (AvgIpc) is 3.34. The van der Waals surface area contributed by atoms with Crippen LogP contribution in [0.2, 0.25) is 0 Å². The lowest BCUT2D eigenvalue weighted by atomic mass is 10.0. The number of Topliss-reactive ketones (excluding diaryl/α,β-unsaturated/α-hetero) is 1. The summed E-state index contributed by atoms with van der Waals surface area (Å²) in [5, 5.41) is 3.29. The normalized spacial score (nSPS) is 14.2. The van der Waals surface area contributed by atoms with E-state index >= 15 is 0 Å². The van der Waals surface area contributed by atoms with Crippen molar-refractivity contribution in [1.82, 2.24) is 4.31 Å². The summed E-state index contributed by atoms with van der Waals surface area (Å²) >= 11 is 6.16. The Morgan fingerprint density at radius 3 is 2.43 bits per heavy atom. The molecule has 3 rings (SSSR count). The summed E-state index contributed by atoms with van der Waals surface area (Å²) in [5.74, 6) is -0.265. The number of hydrogen-bond acceptors (Lipinski definition) is 4. The van der Waals surface area contributed by atoms with Gasteiger partial charge in [0.2, 0.25) is 0 Å². The van der Waals surface area contributed by atoms with E-state index in [0.717, 1.165) is 24.8 Å². The Morgan fingerprint density at radius 2 is 1.78 bits per heavy atom. The molecule has 0 aromatic heterocycles. The number of ketones is 1. The molecule has 0 saturated heterocycles. The Morgan fingerprint density at radius 1 is 1.08 bits per heavy atom. The number of allylic oxidation sites excluding steroid dienone is 4. The molecule has 0 bridgehead atoms. The van der Waals surface area contributed by atoms with Crippen LogP contribution >= 0.6 is 11.6 Å². The number of sulfonamides is 1. The SMILES string of the molecule is C/C=C\C(Cl)=C/C1=CCCN1S(=O)(=O)c1ccc(C(=O)Nc2ccc(C(=O)CCCCC)cc2C)cc1. The molecule has 1 N–H and O–H groups in total. The fraction of sp³-hybridized carbons (Fsp3) is 0.310. The molecule has 2 aromatic rings. The van der Waals surface area contributed by atoms with E-state index in [0.29, 0.717) is 46.9 Å². The number of amides is 1. The van der Waals surface area contributed by atoms with Gasteiger partial charge in [-0.3, -0.25) is 13.9 Å². The summed E-state index contributed by atoms with van der Waals surface area (Å²) in [6.45, 7) is 6.10. The molecule has 0 radical (unpaired) electrons. The summed E-state index contributed by atoms with van der Waals surface area (Å²) in [4.78, 5) is 25.3. The van der Waals surface area contributed by atoms with Crippen LogP contribution < -0.4 is 5.32 Å². The molecule has 37 heavy (non-hydrogen) atoms. The van der Waals surface area contributed by atoms with E-state index in [1.54, 1.807) is 36.4 Å². The van der Waals surface area contributed by atoms with Gasteiger partial charge in [0.05, 0.1) is 4.90 Å². The monoisotopic (exact) mass is 540 g/mol. The zero-order valence-corrected chi connectivity index (χ0v) is 23.0. The van der Waals surface area contributed by atoms with Gasteiger partial charge >= 0.3 is 0 Å². The van der Waals surface area contributed by atoms with Gasteiger partial charge in [-0.05, 0) is 86.9 Å². The van der Waals surface area contributed by atoms with Gasteiger partial charge in [-0.15, -0.1) is 0 Å². The van der Waals surface area contributed by atoms with Crippen molar-refractivity contribution in [3.05, 3.63) is 94.2 Å². The van der Waals surface area contributed by atoms with E-state index in [-0.39, 0.29) is 16.6 Å². The second kappa shape index (κ2) is 12.9. The number of hydrogen-bond donors (Lipinski definition) is 1. The fourth-order valence-electron chi connectivity index (χ4n) is 4.06. The maximum atomic E-state index is 13.2. The number of carbonyl (C=O) groups is 2. The van der Waals surface area contributed by atoms with Crippen LogP contribution in [0.25, 0.3) is 0 Å². The molecule has 0 unspecified atom stereocenters. The maximum Gasteiger partial charge on any atom is 0.264 e. The number of nitrogens with zero attached hydrogens (tertiary/aromatic N) is 1. The number of anilines is 1. The summed E-state index contributed by atoms with van der Waals surface area (Å²) in [6.07, 6.45) is 11.0. The first-order valence-electron chi connectivity index (χ1n) is 12.5. The van der Waals surface area contributed by atoms with Gasteiger partial charge in [-0.25, -0.2) is 8.42 Å². The summed E-state index contributed by atoms with van der Waals surface area (Å²) in [6, 6.07) is 11.1. The van der Waals surface area contributed by atoms with Crippen molar-refractivity contribution < 1.29 is 18.0 Å². The molecule has 0 atom stereocenters. The van der Waals surface area contributed by atoms with Crippen LogP contribution in [-0.2, 0) is 10.0 Å². The van der Waals surface area contributed by atoms with Gasteiger partial charge in [0.25, 0.3) is 15.9 Å². The number of carbonyl (C=O) groups excluding carboxylic acids is 2. The predicted octanol–water partition coefficient (Wildman–Crippen LogP) is 6.99. The zero-order valence-electron chi connectivity index (χ0n) is 21.5. The molecule has 1 aliphatic heterocycles. The highest BCUT2D eigenvalue weighted by molar-refractivity contribution is 7.89. The van der Waals surface area contributed by atoms with Crippen LogP contribution in [0.3, 0.4) is 0 Å². The van der Waals surface area contributed by atoms with Crippen molar-refractivity contribution in [3.63, 3.8) is 0 Å². The summed E-state index contributed by atoms with van der Waals surface area (Å²) < 4.78 is 27.8. The number of unbranched alkanes of at least 4 members (excludes halogenated alkanes) is 2. The highest BCUT2D eigenvalue weighted by Gasteiger charge is 2.28. The van der Waals surface area contributed by atoms with E-state index in [2.05, 4.69) is 12.2 Å². The van der Waals surface area contributed by atoms with Crippen LogP contribution in [0.1, 0.15) is 72.2 Å². The smallest absolute Gasteiger partial charge is 0.264 e. The predicted molar refractivity (Wildman–Crippen MR) is 149 cm³/mol. The molecule has 8 heteroatoms. The van der Waals surface area contributed by atoms with Crippen LogP contribution in [0.4, 0.5) is 5.69 Å². The Kier molecular flexibility index (Phi) is 9.89. The number of aryl methyl sites for hydroxylation is 1. The lowest BCUT2D eigenvalue weighted by molar-refractivity contribution is 0.0978. The van der Waals surface area contributed by atoms with Crippen LogP contribution in [0.15, 0.2) is 82.4 Å². The van der Waals surface area contributed by atoms with Crippen LogP contribution in [0, 0.1) is 6.92 Å². The lowest BCUT2D eigenvalue weighted by Gasteiger charge is -2.21. The Bertz CT molecular complexity index is 1340. The molecule has 196 valence electrons. The third-order valence-electron chi connectivity index (χ3n) is 6.09. The van der Waals surface area contributed by atoms with Gasteiger partial charge in [-0.2, -0.15) is 0 Å². The molecule has 1 amide bonds. The number of benzene rings is 2. The highest BCUT2D eigenvalue weighted by Crippen LogP contribution is 2.28. The van der Waals surface area contributed by atoms with Gasteiger partial charge in [-0.1, -0.05) is 43.5 Å². The fourth-order valence-corrected chi connectivity index (χ4v) is 5.78. The standard InChI is InChI=1S/C29H33ClN2O4S/c1-4-6-7-11-28(33)23-14-17-27(21(3)19-23)31-29(34)22-12-15-26(16-13-22)37(35,36)32-18-8-10-25(32)20-24(30)9-5-2/h5,9-10,12-17,19-20H,4,6-8,11,18H2,1-3H3,(H,31,34)/b9-5-,24-20+. The van der Waals surface area contributed by atoms with E-state index in [1.165, 1.54) is 28.6 Å². The molecule has 0 aliphatic carbocycles. The van der Waals surface area contributed by atoms with Gasteiger partial charge in [0.1, 0.15) is 0 Å². The first-order chi connectivity index (χ1) is 17.7. The van der Waals surface area contributed by atoms with Gasteiger partial charge in [0.15, 0.2) is 5.78 Å². The van der Waals surface area contributed by atoms with Crippen molar-refractivity contribution in [3.8, 4) is 0 Å². The summed E-state index contributed by atoms with van der Waals surface area (Å²) in [7, 11) is -3.80. The minimum Gasteiger partial charge on any atom is -0.322 e. The maximum absolute atomic E-state index is 13.2. The molecular formula is C29H33ClN2O4S. The molecule has 0 spiro atoms. The molecular weight excluding hydrogens is 508 g/mol. The lowest BCUT2D eigenvalue weighted by Crippen LogP contribution is -2.27. The van der Waals surface area contributed by atoms with E-state index in [9.17, 15) is 18.0 Å². The number of nitrogens with one attached hydrogen (secondary N) is 1. The molecule has 2 aromatic carbocycles. The first-order valence-corrected chi connectivity index (χ1v) is 14.3. The number of halogens is 1. The zero-order chi connectivity index (χ0) is 27.0. The van der Waals surface area contributed by atoms with Gasteiger partial charge < -0.3 is 5.32 Å². The molecule has 6 nitrogen and oxygen atoms in total. The Labute approximate surface area is 224 Å². The summed E-state index contributed by atoms with van der Waals surface area (Å²) in [5.41, 5.74) is 2.87.